The summed E-state index contributed by atoms with van der Waals surface area (Å²) in [6.07, 6.45) is 2.13. The van der Waals surface area contributed by atoms with Crippen molar-refractivity contribution in [1.82, 2.24) is 10.6 Å². The molecule has 1 aliphatic rings. The minimum absolute atomic E-state index is 0.0992. The summed E-state index contributed by atoms with van der Waals surface area (Å²) in [6, 6.07) is 6.38. The highest BCUT2D eigenvalue weighted by Gasteiger charge is 2.32. The fourth-order valence-electron chi connectivity index (χ4n) is 3.42. The molecule has 0 aliphatic carbocycles. The standard InChI is InChI=1S/C21H35N3O2S/c1-6-22-20(23-15-21(27-7-2)10-12-26-13-11-21)24-17(4)18-14-16(3)8-9-19(18)25-5/h8-9,14,17H,6-7,10-13,15H2,1-5H3,(H2,22,23,24). The van der Waals surface area contributed by atoms with E-state index in [4.69, 9.17) is 14.5 Å². The van der Waals surface area contributed by atoms with Gasteiger partial charge in [0.15, 0.2) is 5.96 Å². The SMILES string of the molecule is CCNC(=NCC1(SCC)CCOCC1)NC(C)c1cc(C)ccc1OC. The molecule has 0 amide bonds. The number of methoxy groups -OCH3 is 1. The Morgan fingerprint density at radius 1 is 1.33 bits per heavy atom. The van der Waals surface area contributed by atoms with E-state index in [1.54, 1.807) is 7.11 Å². The van der Waals surface area contributed by atoms with E-state index in [1.807, 2.05) is 17.8 Å². The quantitative estimate of drug-likeness (QED) is 0.518. The molecule has 1 aromatic carbocycles. The Hall–Kier alpha value is -1.40. The summed E-state index contributed by atoms with van der Waals surface area (Å²) in [4.78, 5) is 4.95. The third kappa shape index (κ3) is 6.32. The lowest BCUT2D eigenvalue weighted by Crippen LogP contribution is -2.42. The molecule has 1 unspecified atom stereocenters. The number of thioether (sulfide) groups is 1. The first kappa shape index (κ1) is 21.9. The molecule has 152 valence electrons. The number of ether oxygens (including phenoxy) is 2. The van der Waals surface area contributed by atoms with Gasteiger partial charge in [0.05, 0.1) is 19.7 Å². The summed E-state index contributed by atoms with van der Waals surface area (Å²) in [5.41, 5.74) is 2.37. The first-order valence-electron chi connectivity index (χ1n) is 9.94. The normalized spacial score (nSPS) is 18.0. The largest absolute Gasteiger partial charge is 0.496 e. The molecule has 2 N–H and O–H groups in total. The molecule has 2 rings (SSSR count). The predicted molar refractivity (Wildman–Crippen MR) is 116 cm³/mol. The van der Waals surface area contributed by atoms with Gasteiger partial charge < -0.3 is 20.1 Å². The summed E-state index contributed by atoms with van der Waals surface area (Å²) in [5.74, 6) is 2.87. The van der Waals surface area contributed by atoms with E-state index < -0.39 is 0 Å². The van der Waals surface area contributed by atoms with Crippen molar-refractivity contribution >= 4 is 17.7 Å². The second-order valence-corrected chi connectivity index (χ2v) is 8.77. The van der Waals surface area contributed by atoms with Crippen LogP contribution >= 0.6 is 11.8 Å². The number of nitrogens with one attached hydrogen (secondary N) is 2. The van der Waals surface area contributed by atoms with Crippen LogP contribution in [0, 0.1) is 6.92 Å². The molecule has 5 nitrogen and oxygen atoms in total. The highest BCUT2D eigenvalue weighted by atomic mass is 32.2. The van der Waals surface area contributed by atoms with E-state index in [2.05, 4.69) is 50.5 Å². The van der Waals surface area contributed by atoms with E-state index in [0.29, 0.717) is 0 Å². The summed E-state index contributed by atoms with van der Waals surface area (Å²) in [5, 5.41) is 6.95. The Labute approximate surface area is 168 Å². The van der Waals surface area contributed by atoms with Gasteiger partial charge in [0.2, 0.25) is 0 Å². The maximum Gasteiger partial charge on any atom is 0.191 e. The minimum Gasteiger partial charge on any atom is -0.496 e. The third-order valence-corrected chi connectivity index (χ3v) is 6.37. The zero-order valence-electron chi connectivity index (χ0n) is 17.4. The molecule has 1 atom stereocenters. The van der Waals surface area contributed by atoms with Crippen molar-refractivity contribution in [2.75, 3.05) is 39.2 Å². The van der Waals surface area contributed by atoms with Crippen LogP contribution in [0.5, 0.6) is 5.75 Å². The molecule has 1 aromatic rings. The molecule has 0 radical (unpaired) electrons. The minimum atomic E-state index is 0.0992. The van der Waals surface area contributed by atoms with Crippen LogP contribution in [-0.4, -0.2) is 49.9 Å². The van der Waals surface area contributed by atoms with E-state index in [9.17, 15) is 0 Å². The number of guanidine groups is 1. The van der Waals surface area contributed by atoms with Crippen LogP contribution in [0.4, 0.5) is 0 Å². The van der Waals surface area contributed by atoms with Crippen molar-refractivity contribution in [3.63, 3.8) is 0 Å². The van der Waals surface area contributed by atoms with Crippen molar-refractivity contribution in [1.29, 1.82) is 0 Å². The summed E-state index contributed by atoms with van der Waals surface area (Å²) in [6.45, 7) is 11.9. The van der Waals surface area contributed by atoms with E-state index in [-0.39, 0.29) is 10.8 Å². The Balaban J connectivity index is 2.14. The molecular formula is C21H35N3O2S. The van der Waals surface area contributed by atoms with Gasteiger partial charge in [-0.1, -0.05) is 24.6 Å². The number of hydrogen-bond acceptors (Lipinski definition) is 4. The average molecular weight is 394 g/mol. The van der Waals surface area contributed by atoms with Crippen molar-refractivity contribution in [3.8, 4) is 5.75 Å². The first-order valence-corrected chi connectivity index (χ1v) is 10.9. The molecule has 1 fully saturated rings. The first-order chi connectivity index (χ1) is 13.0. The van der Waals surface area contributed by atoms with Gasteiger partial charge in [-0.15, -0.1) is 0 Å². The number of benzene rings is 1. The fourth-order valence-corrected chi connectivity index (χ4v) is 4.64. The number of nitrogens with zero attached hydrogens (tertiary/aromatic N) is 1. The van der Waals surface area contributed by atoms with Gasteiger partial charge in [0.25, 0.3) is 0 Å². The van der Waals surface area contributed by atoms with Crippen molar-refractivity contribution < 1.29 is 9.47 Å². The van der Waals surface area contributed by atoms with E-state index in [0.717, 1.165) is 62.2 Å². The lowest BCUT2D eigenvalue weighted by atomic mass is 9.99. The summed E-state index contributed by atoms with van der Waals surface area (Å²) >= 11 is 2.02. The monoisotopic (exact) mass is 393 g/mol. The Bertz CT molecular complexity index is 610. The maximum absolute atomic E-state index is 5.58. The Kier molecular flexibility index (Phi) is 8.77. The summed E-state index contributed by atoms with van der Waals surface area (Å²) in [7, 11) is 1.72. The van der Waals surface area contributed by atoms with Crippen molar-refractivity contribution in [2.24, 2.45) is 4.99 Å². The second-order valence-electron chi connectivity index (χ2n) is 7.03. The van der Waals surface area contributed by atoms with E-state index in [1.165, 1.54) is 5.56 Å². The van der Waals surface area contributed by atoms with Crippen LogP contribution in [-0.2, 0) is 4.74 Å². The molecule has 27 heavy (non-hydrogen) atoms. The van der Waals surface area contributed by atoms with Crippen LogP contribution in [0.3, 0.4) is 0 Å². The van der Waals surface area contributed by atoms with Gasteiger partial charge in [0, 0.05) is 30.1 Å². The molecule has 1 heterocycles. The fraction of sp³-hybridized carbons (Fsp3) is 0.667. The smallest absolute Gasteiger partial charge is 0.191 e. The molecule has 1 aliphatic heterocycles. The summed E-state index contributed by atoms with van der Waals surface area (Å²) < 4.78 is 11.3. The lowest BCUT2D eigenvalue weighted by molar-refractivity contribution is 0.0793. The molecule has 1 saturated heterocycles. The Morgan fingerprint density at radius 2 is 2.07 bits per heavy atom. The number of hydrogen-bond donors (Lipinski definition) is 2. The lowest BCUT2D eigenvalue weighted by Gasteiger charge is -2.35. The zero-order chi connectivity index (χ0) is 19.7. The topological polar surface area (TPSA) is 54.9 Å². The predicted octanol–water partition coefficient (Wildman–Crippen LogP) is 3.92. The van der Waals surface area contributed by atoms with Crippen LogP contribution in [0.1, 0.15) is 50.8 Å². The van der Waals surface area contributed by atoms with Gasteiger partial charge in [-0.2, -0.15) is 11.8 Å². The number of rotatable bonds is 8. The van der Waals surface area contributed by atoms with Gasteiger partial charge in [-0.25, -0.2) is 0 Å². The van der Waals surface area contributed by atoms with Crippen LogP contribution in [0.25, 0.3) is 0 Å². The third-order valence-electron chi connectivity index (χ3n) is 4.93. The zero-order valence-corrected chi connectivity index (χ0v) is 18.2. The highest BCUT2D eigenvalue weighted by Crippen LogP contribution is 2.35. The second kappa shape index (κ2) is 10.8. The molecule has 0 spiro atoms. The molecule has 0 aromatic heterocycles. The van der Waals surface area contributed by atoms with Crippen LogP contribution in [0.15, 0.2) is 23.2 Å². The molecule has 6 heteroatoms. The maximum atomic E-state index is 5.58. The number of aliphatic imine (C=N–C) groups is 1. The van der Waals surface area contributed by atoms with Gasteiger partial charge in [-0.3, -0.25) is 4.99 Å². The highest BCUT2D eigenvalue weighted by molar-refractivity contribution is 8.00. The molecule has 0 bridgehead atoms. The van der Waals surface area contributed by atoms with Crippen molar-refractivity contribution in [3.05, 3.63) is 29.3 Å². The van der Waals surface area contributed by atoms with E-state index >= 15 is 0 Å². The average Bonchev–Trinajstić information content (AvgIpc) is 2.67. The van der Waals surface area contributed by atoms with Crippen LogP contribution < -0.4 is 15.4 Å². The van der Waals surface area contributed by atoms with Crippen LogP contribution in [0.2, 0.25) is 0 Å². The number of aryl methyl sites for hydroxylation is 1. The van der Waals surface area contributed by atoms with Gasteiger partial charge in [0.1, 0.15) is 5.75 Å². The van der Waals surface area contributed by atoms with Gasteiger partial charge in [-0.05, 0) is 45.4 Å². The van der Waals surface area contributed by atoms with Crippen molar-refractivity contribution in [2.45, 2.75) is 51.3 Å². The van der Waals surface area contributed by atoms with Gasteiger partial charge >= 0.3 is 0 Å². The molecular weight excluding hydrogens is 358 g/mol. The Morgan fingerprint density at radius 3 is 2.70 bits per heavy atom. The molecule has 0 saturated carbocycles.